The van der Waals surface area contributed by atoms with Crippen LogP contribution in [-0.2, 0) is 0 Å². The molecule has 0 aromatic carbocycles. The molecule has 0 amide bonds. The molecule has 0 atom stereocenters. The number of unbranched alkanes of at least 4 members (excludes halogenated alkanes) is 11. The molecule has 0 aliphatic rings. The average Bonchev–Trinajstić information content (AvgIpc) is 2.62. The maximum absolute atomic E-state index is 2.87. The first-order chi connectivity index (χ1) is 12.8. The summed E-state index contributed by atoms with van der Waals surface area (Å²) >= 11 is 0. The van der Waals surface area contributed by atoms with Crippen LogP contribution in [0.4, 0.5) is 0 Å². The second-order valence-electron chi connectivity index (χ2n) is 10.2. The van der Waals surface area contributed by atoms with Gasteiger partial charge in [0, 0.05) is 11.1 Å². The van der Waals surface area contributed by atoms with Gasteiger partial charge in [-0.3, -0.25) is 4.90 Å². The minimum Gasteiger partial charge on any atom is -0.293 e. The molecule has 1 nitrogen and oxygen atoms in total. The van der Waals surface area contributed by atoms with Gasteiger partial charge < -0.3 is 0 Å². The quantitative estimate of drug-likeness (QED) is 0.202. The zero-order chi connectivity index (χ0) is 20.6. The van der Waals surface area contributed by atoms with Crippen molar-refractivity contribution in [3.8, 4) is 0 Å². The lowest BCUT2D eigenvalue weighted by molar-refractivity contribution is 0.00199. The van der Waals surface area contributed by atoms with Crippen LogP contribution in [0, 0.1) is 0 Å². The van der Waals surface area contributed by atoms with E-state index in [0.717, 1.165) is 0 Å². The second kappa shape index (κ2) is 15.8. The molecule has 1 heteroatoms. The molecule has 0 saturated heterocycles. The maximum Gasteiger partial charge on any atom is 0.0158 e. The Hall–Kier alpha value is -0.0400. The lowest BCUT2D eigenvalue weighted by Gasteiger charge is -2.49. The Morgan fingerprint density at radius 2 is 0.778 bits per heavy atom. The van der Waals surface area contributed by atoms with Gasteiger partial charge in [0.25, 0.3) is 0 Å². The third kappa shape index (κ3) is 12.9. The van der Waals surface area contributed by atoms with E-state index >= 15 is 0 Å². The number of hydrogen-bond acceptors (Lipinski definition) is 1. The Balaban J connectivity index is 4.32. The fraction of sp³-hybridized carbons (Fsp3) is 1.00. The van der Waals surface area contributed by atoms with Gasteiger partial charge in [-0.2, -0.15) is 0 Å². The van der Waals surface area contributed by atoms with Gasteiger partial charge in [0.05, 0.1) is 0 Å². The molecule has 0 saturated carbocycles. The summed E-state index contributed by atoms with van der Waals surface area (Å²) < 4.78 is 0. The summed E-state index contributed by atoms with van der Waals surface area (Å²) in [5.74, 6) is 0. The first kappa shape index (κ1) is 27.0. The molecule has 0 fully saturated rings. The average molecular weight is 382 g/mol. The van der Waals surface area contributed by atoms with Gasteiger partial charge in [0.1, 0.15) is 0 Å². The zero-order valence-corrected chi connectivity index (χ0v) is 20.5. The molecule has 0 aromatic heterocycles. The predicted octanol–water partition coefficient (Wildman–Crippen LogP) is 9.15. The minimum atomic E-state index is 0.326. The molecule has 0 heterocycles. The maximum atomic E-state index is 2.87. The highest BCUT2D eigenvalue weighted by Crippen LogP contribution is 2.33. The highest BCUT2D eigenvalue weighted by Gasteiger charge is 2.36. The largest absolute Gasteiger partial charge is 0.293 e. The first-order valence-corrected chi connectivity index (χ1v) is 12.6. The third-order valence-corrected chi connectivity index (χ3v) is 6.48. The van der Waals surface area contributed by atoms with Crippen molar-refractivity contribution in [2.45, 2.75) is 162 Å². The second-order valence-corrected chi connectivity index (χ2v) is 10.2. The van der Waals surface area contributed by atoms with Crippen LogP contribution in [0.3, 0.4) is 0 Å². The summed E-state index contributed by atoms with van der Waals surface area (Å²) in [6.45, 7) is 18.2. The SMILES string of the molecule is CCCCCCCCCCCCN(C(C)(C)CCCC)C(C)(C)CCCC. The van der Waals surface area contributed by atoms with E-state index in [1.807, 2.05) is 0 Å². The van der Waals surface area contributed by atoms with Gasteiger partial charge in [-0.25, -0.2) is 0 Å². The van der Waals surface area contributed by atoms with Gasteiger partial charge in [0.2, 0.25) is 0 Å². The van der Waals surface area contributed by atoms with Crippen molar-refractivity contribution >= 4 is 0 Å². The van der Waals surface area contributed by atoms with Gasteiger partial charge in [0.15, 0.2) is 0 Å². The molecule has 0 aliphatic carbocycles. The van der Waals surface area contributed by atoms with E-state index < -0.39 is 0 Å². The molecule has 0 spiro atoms. The summed E-state index contributed by atoms with van der Waals surface area (Å²) in [6.07, 6.45) is 22.3. The van der Waals surface area contributed by atoms with Crippen LogP contribution in [0.2, 0.25) is 0 Å². The van der Waals surface area contributed by atoms with E-state index in [0.29, 0.717) is 11.1 Å². The van der Waals surface area contributed by atoms with E-state index in [-0.39, 0.29) is 0 Å². The molecule has 0 aliphatic heterocycles. The summed E-state index contributed by atoms with van der Waals surface area (Å²) in [5.41, 5.74) is 0.652. The number of rotatable bonds is 19. The van der Waals surface area contributed by atoms with Crippen LogP contribution in [0.25, 0.3) is 0 Å². The van der Waals surface area contributed by atoms with Crippen molar-refractivity contribution in [3.63, 3.8) is 0 Å². The van der Waals surface area contributed by atoms with Gasteiger partial charge in [-0.05, 0) is 53.5 Å². The van der Waals surface area contributed by atoms with Crippen LogP contribution in [0.15, 0.2) is 0 Å². The summed E-state index contributed by atoms with van der Waals surface area (Å²) in [4.78, 5) is 2.87. The van der Waals surface area contributed by atoms with E-state index in [9.17, 15) is 0 Å². The van der Waals surface area contributed by atoms with Crippen molar-refractivity contribution in [2.24, 2.45) is 0 Å². The van der Waals surface area contributed by atoms with Gasteiger partial charge in [-0.15, -0.1) is 0 Å². The lowest BCUT2D eigenvalue weighted by Crippen LogP contribution is -2.55. The van der Waals surface area contributed by atoms with Crippen molar-refractivity contribution in [2.75, 3.05) is 6.54 Å². The minimum absolute atomic E-state index is 0.326. The Labute approximate surface area is 174 Å². The molecule has 0 radical (unpaired) electrons. The zero-order valence-electron chi connectivity index (χ0n) is 20.5. The van der Waals surface area contributed by atoms with E-state index in [2.05, 4.69) is 53.4 Å². The smallest absolute Gasteiger partial charge is 0.0158 e. The summed E-state index contributed by atoms with van der Waals surface area (Å²) in [7, 11) is 0. The number of nitrogens with zero attached hydrogens (tertiary/aromatic N) is 1. The van der Waals surface area contributed by atoms with Crippen LogP contribution in [0.1, 0.15) is 151 Å². The normalized spacial score (nSPS) is 12.9. The van der Waals surface area contributed by atoms with Gasteiger partial charge >= 0.3 is 0 Å². The van der Waals surface area contributed by atoms with Crippen molar-refractivity contribution < 1.29 is 0 Å². The Morgan fingerprint density at radius 3 is 1.15 bits per heavy atom. The van der Waals surface area contributed by atoms with E-state index in [1.165, 1.54) is 109 Å². The molecular formula is C26H55N. The molecule has 0 rings (SSSR count). The molecular weight excluding hydrogens is 326 g/mol. The van der Waals surface area contributed by atoms with Crippen LogP contribution in [-0.4, -0.2) is 22.5 Å². The monoisotopic (exact) mass is 381 g/mol. The summed E-state index contributed by atoms with van der Waals surface area (Å²) in [5, 5.41) is 0. The fourth-order valence-corrected chi connectivity index (χ4v) is 4.67. The first-order valence-electron chi connectivity index (χ1n) is 12.6. The van der Waals surface area contributed by atoms with E-state index in [4.69, 9.17) is 0 Å². The standard InChI is InChI=1S/C26H55N/c1-8-11-14-15-16-17-18-19-20-21-24-27(25(4,5)22-12-9-2)26(6,7)23-13-10-3/h8-24H2,1-7H3. The predicted molar refractivity (Wildman–Crippen MR) is 126 cm³/mol. The van der Waals surface area contributed by atoms with Crippen molar-refractivity contribution in [1.29, 1.82) is 0 Å². The van der Waals surface area contributed by atoms with Crippen molar-refractivity contribution in [3.05, 3.63) is 0 Å². The van der Waals surface area contributed by atoms with E-state index in [1.54, 1.807) is 0 Å². The van der Waals surface area contributed by atoms with Crippen LogP contribution < -0.4 is 0 Å². The Kier molecular flexibility index (Phi) is 15.8. The topological polar surface area (TPSA) is 3.24 Å². The molecule has 27 heavy (non-hydrogen) atoms. The molecule has 0 unspecified atom stereocenters. The van der Waals surface area contributed by atoms with Crippen LogP contribution in [0.5, 0.6) is 0 Å². The van der Waals surface area contributed by atoms with Crippen LogP contribution >= 0.6 is 0 Å². The lowest BCUT2D eigenvalue weighted by atomic mass is 9.85. The third-order valence-electron chi connectivity index (χ3n) is 6.48. The summed E-state index contributed by atoms with van der Waals surface area (Å²) in [6, 6.07) is 0. The highest BCUT2D eigenvalue weighted by molar-refractivity contribution is 4.92. The molecule has 0 aromatic rings. The van der Waals surface area contributed by atoms with Gasteiger partial charge in [-0.1, -0.05) is 104 Å². The molecule has 0 bridgehead atoms. The Bertz CT molecular complexity index is 298. The molecule has 164 valence electrons. The molecule has 0 N–H and O–H groups in total. The van der Waals surface area contributed by atoms with Crippen molar-refractivity contribution in [1.82, 2.24) is 4.90 Å². The number of hydrogen-bond donors (Lipinski definition) is 0. The highest BCUT2D eigenvalue weighted by atomic mass is 15.2. The Morgan fingerprint density at radius 1 is 0.444 bits per heavy atom. The fourth-order valence-electron chi connectivity index (χ4n) is 4.67.